The van der Waals surface area contributed by atoms with E-state index in [1.807, 2.05) is 18.2 Å². The topological polar surface area (TPSA) is 20.2 Å². The first kappa shape index (κ1) is 9.16. The second-order valence-electron chi connectivity index (χ2n) is 3.22. The Balaban J connectivity index is 2.35. The average Bonchev–Trinajstić information content (AvgIpc) is 2.19. The van der Waals surface area contributed by atoms with Crippen LogP contribution in [0.1, 0.15) is 12.0 Å². The molecule has 0 bridgehead atoms. The molecule has 2 rings (SSSR count). The van der Waals surface area contributed by atoms with Crippen molar-refractivity contribution in [2.24, 2.45) is 0 Å². The maximum atomic E-state index is 9.14. The van der Waals surface area contributed by atoms with Gasteiger partial charge in [0.25, 0.3) is 0 Å². The van der Waals surface area contributed by atoms with Gasteiger partial charge in [0.15, 0.2) is 0 Å². The summed E-state index contributed by atoms with van der Waals surface area (Å²) in [6.45, 7) is 0. The Bertz CT molecular complexity index is 412. The summed E-state index contributed by atoms with van der Waals surface area (Å²) in [5.41, 5.74) is 2.20. The van der Waals surface area contributed by atoms with E-state index in [1.165, 1.54) is 0 Å². The highest BCUT2D eigenvalue weighted by molar-refractivity contribution is 7.80. The number of hydrogen-bond donors (Lipinski definition) is 1. The third-order valence-electron chi connectivity index (χ3n) is 2.13. The Kier molecular flexibility index (Phi) is 2.46. The highest BCUT2D eigenvalue weighted by Gasteiger charge is 2.03. The van der Waals surface area contributed by atoms with Crippen LogP contribution in [-0.2, 0) is 0 Å². The van der Waals surface area contributed by atoms with E-state index in [0.29, 0.717) is 0 Å². The second kappa shape index (κ2) is 3.76. The molecule has 1 nitrogen and oxygen atoms in total. The zero-order valence-corrected chi connectivity index (χ0v) is 8.42. The molecule has 0 spiro atoms. The van der Waals surface area contributed by atoms with Crippen LogP contribution in [0.15, 0.2) is 42.5 Å². The molecule has 1 aromatic carbocycles. The van der Waals surface area contributed by atoms with Gasteiger partial charge < -0.3 is 5.11 Å². The van der Waals surface area contributed by atoms with Crippen molar-refractivity contribution in [1.29, 1.82) is 0 Å². The van der Waals surface area contributed by atoms with Gasteiger partial charge in [-0.1, -0.05) is 36.5 Å². The molecule has 0 unspecified atom stereocenters. The lowest BCUT2D eigenvalue weighted by molar-refractivity contribution is 0.475. The molecule has 1 N–H and O–H groups in total. The zero-order chi connectivity index (χ0) is 9.97. The molecule has 0 amide bonds. The minimum atomic E-state index is 0.289. The van der Waals surface area contributed by atoms with E-state index in [1.54, 1.807) is 12.1 Å². The van der Waals surface area contributed by atoms with Gasteiger partial charge in [0.2, 0.25) is 0 Å². The SMILES string of the molecule is Oc1ccc(C2=CC(=S)CC=C2)cc1. The molecule has 0 aliphatic heterocycles. The van der Waals surface area contributed by atoms with E-state index in [2.05, 4.69) is 12.2 Å². The van der Waals surface area contributed by atoms with Crippen LogP contribution in [-0.4, -0.2) is 9.97 Å². The van der Waals surface area contributed by atoms with Crippen LogP contribution in [0.3, 0.4) is 0 Å². The van der Waals surface area contributed by atoms with E-state index >= 15 is 0 Å². The maximum absolute atomic E-state index is 9.14. The summed E-state index contributed by atoms with van der Waals surface area (Å²) in [5, 5.41) is 9.14. The monoisotopic (exact) mass is 202 g/mol. The molecular weight excluding hydrogens is 192 g/mol. The molecule has 0 aromatic heterocycles. The molecule has 70 valence electrons. The van der Waals surface area contributed by atoms with Crippen molar-refractivity contribution >= 4 is 22.7 Å². The van der Waals surface area contributed by atoms with Gasteiger partial charge in [-0.25, -0.2) is 0 Å². The van der Waals surface area contributed by atoms with Crippen molar-refractivity contribution in [3.8, 4) is 5.75 Å². The summed E-state index contributed by atoms with van der Waals surface area (Å²) in [7, 11) is 0. The van der Waals surface area contributed by atoms with Crippen LogP contribution in [0.25, 0.3) is 5.57 Å². The number of allylic oxidation sites excluding steroid dienone is 4. The number of benzene rings is 1. The van der Waals surface area contributed by atoms with Crippen LogP contribution < -0.4 is 0 Å². The molecule has 1 aliphatic rings. The van der Waals surface area contributed by atoms with E-state index in [9.17, 15) is 0 Å². The lowest BCUT2D eigenvalue weighted by atomic mass is 9.99. The second-order valence-corrected chi connectivity index (χ2v) is 3.74. The van der Waals surface area contributed by atoms with Crippen LogP contribution in [0.4, 0.5) is 0 Å². The van der Waals surface area contributed by atoms with Gasteiger partial charge in [0.05, 0.1) is 0 Å². The lowest BCUT2D eigenvalue weighted by Crippen LogP contribution is -1.94. The van der Waals surface area contributed by atoms with Crippen LogP contribution in [0.2, 0.25) is 0 Å². The van der Waals surface area contributed by atoms with E-state index in [-0.39, 0.29) is 5.75 Å². The molecule has 0 fully saturated rings. The predicted octanol–water partition coefficient (Wildman–Crippen LogP) is 3.11. The summed E-state index contributed by atoms with van der Waals surface area (Å²) in [6, 6.07) is 7.14. The van der Waals surface area contributed by atoms with Crippen molar-refractivity contribution in [3.63, 3.8) is 0 Å². The molecule has 14 heavy (non-hydrogen) atoms. The Labute approximate surface area is 88.4 Å². The fourth-order valence-electron chi connectivity index (χ4n) is 1.42. The quantitative estimate of drug-likeness (QED) is 0.706. The first-order valence-corrected chi connectivity index (χ1v) is 4.87. The van der Waals surface area contributed by atoms with Crippen molar-refractivity contribution in [2.45, 2.75) is 6.42 Å². The van der Waals surface area contributed by atoms with Crippen molar-refractivity contribution < 1.29 is 5.11 Å². The number of thiocarbonyl (C=S) groups is 1. The molecule has 0 radical (unpaired) electrons. The number of hydrogen-bond acceptors (Lipinski definition) is 2. The highest BCUT2D eigenvalue weighted by Crippen LogP contribution is 2.22. The highest BCUT2D eigenvalue weighted by atomic mass is 32.1. The fraction of sp³-hybridized carbons (Fsp3) is 0.0833. The molecule has 0 heterocycles. The number of aromatic hydroxyl groups is 1. The van der Waals surface area contributed by atoms with E-state index in [4.69, 9.17) is 17.3 Å². The molecule has 1 aliphatic carbocycles. The predicted molar refractivity (Wildman–Crippen MR) is 62.4 cm³/mol. The number of phenolic OH excluding ortho intramolecular Hbond substituents is 1. The first-order chi connectivity index (χ1) is 6.75. The Hall–Kier alpha value is -1.41. The lowest BCUT2D eigenvalue weighted by Gasteiger charge is -2.07. The zero-order valence-electron chi connectivity index (χ0n) is 7.60. The minimum Gasteiger partial charge on any atom is -0.508 e. The third-order valence-corrected chi connectivity index (χ3v) is 2.42. The smallest absolute Gasteiger partial charge is 0.115 e. The number of rotatable bonds is 1. The summed E-state index contributed by atoms with van der Waals surface area (Å²) in [4.78, 5) is 0.954. The van der Waals surface area contributed by atoms with Crippen LogP contribution in [0.5, 0.6) is 5.75 Å². The van der Waals surface area contributed by atoms with Gasteiger partial charge in [-0.05, 0) is 29.3 Å². The third kappa shape index (κ3) is 1.91. The molecule has 0 atom stereocenters. The van der Waals surface area contributed by atoms with Crippen molar-refractivity contribution in [2.75, 3.05) is 0 Å². The fourth-order valence-corrected chi connectivity index (χ4v) is 1.64. The molecule has 0 saturated heterocycles. The molecule has 2 heteroatoms. The average molecular weight is 202 g/mol. The van der Waals surface area contributed by atoms with Gasteiger partial charge in [-0.15, -0.1) is 0 Å². The van der Waals surface area contributed by atoms with Gasteiger partial charge in [-0.3, -0.25) is 0 Å². The van der Waals surface area contributed by atoms with Gasteiger partial charge >= 0.3 is 0 Å². The Morgan fingerprint density at radius 1 is 1.14 bits per heavy atom. The summed E-state index contributed by atoms with van der Waals surface area (Å²) < 4.78 is 0. The van der Waals surface area contributed by atoms with Crippen LogP contribution >= 0.6 is 12.2 Å². The standard InChI is InChI=1S/C12H10OS/c13-11-6-4-9(5-7-11)10-2-1-3-12(14)8-10/h1-2,4-8,13H,3H2. The van der Waals surface area contributed by atoms with E-state index < -0.39 is 0 Å². The maximum Gasteiger partial charge on any atom is 0.115 e. The molecule has 0 saturated carbocycles. The summed E-state index contributed by atoms with van der Waals surface area (Å²) in [6.07, 6.45) is 6.98. The normalized spacial score (nSPS) is 15.4. The summed E-state index contributed by atoms with van der Waals surface area (Å²) >= 11 is 5.13. The number of phenols is 1. The van der Waals surface area contributed by atoms with Crippen molar-refractivity contribution in [3.05, 3.63) is 48.1 Å². The Morgan fingerprint density at radius 2 is 1.86 bits per heavy atom. The van der Waals surface area contributed by atoms with Gasteiger partial charge in [-0.2, -0.15) is 0 Å². The molecular formula is C12H10OS. The largest absolute Gasteiger partial charge is 0.508 e. The van der Waals surface area contributed by atoms with E-state index in [0.717, 1.165) is 22.4 Å². The molecule has 1 aromatic rings. The summed E-state index contributed by atoms with van der Waals surface area (Å²) in [5.74, 6) is 0.289. The van der Waals surface area contributed by atoms with Gasteiger partial charge in [0, 0.05) is 11.3 Å². The first-order valence-electron chi connectivity index (χ1n) is 4.46. The van der Waals surface area contributed by atoms with Gasteiger partial charge in [0.1, 0.15) is 5.75 Å². The van der Waals surface area contributed by atoms with Crippen molar-refractivity contribution in [1.82, 2.24) is 0 Å². The van der Waals surface area contributed by atoms with Crippen LogP contribution in [0, 0.1) is 0 Å². The minimum absolute atomic E-state index is 0.289. The Morgan fingerprint density at radius 3 is 2.50 bits per heavy atom.